The third-order valence-corrected chi connectivity index (χ3v) is 15.1. The Labute approximate surface area is 333 Å². The Kier molecular flexibility index (Phi) is 9.00. The molecule has 5 aliphatic rings. The first-order valence-corrected chi connectivity index (χ1v) is 21.4. The summed E-state index contributed by atoms with van der Waals surface area (Å²) >= 11 is 0. The second-order valence-corrected chi connectivity index (χ2v) is 17.8. The second-order valence-electron chi connectivity index (χ2n) is 17.8. The summed E-state index contributed by atoms with van der Waals surface area (Å²) in [6.07, 6.45) is 19.2. The molecular formula is C49H52F2N4O2. The molecule has 11 rings (SSSR count). The molecule has 57 heavy (non-hydrogen) atoms. The monoisotopic (exact) mass is 766 g/mol. The fraction of sp³-hybridized carbons (Fsp3) is 0.449. The van der Waals surface area contributed by atoms with Crippen molar-refractivity contribution in [1.29, 1.82) is 0 Å². The fourth-order valence-corrected chi connectivity index (χ4v) is 11.9. The molecule has 1 saturated heterocycles. The molecule has 0 amide bonds. The number of aryl methyl sites for hydroxylation is 2. The summed E-state index contributed by atoms with van der Waals surface area (Å²) < 4.78 is 36.4. The van der Waals surface area contributed by atoms with E-state index in [0.717, 1.165) is 85.3 Å². The van der Waals surface area contributed by atoms with Crippen LogP contribution in [0.25, 0.3) is 33.2 Å². The van der Waals surface area contributed by atoms with Crippen molar-refractivity contribution >= 4 is 27.6 Å². The Balaban J connectivity index is 0.000000139. The van der Waals surface area contributed by atoms with E-state index in [2.05, 4.69) is 48.3 Å². The first-order valence-electron chi connectivity index (χ1n) is 21.4. The molecule has 2 saturated carbocycles. The molecule has 6 nitrogen and oxygen atoms in total. The molecule has 3 heterocycles. The molecule has 5 atom stereocenters. The number of epoxide rings is 1. The van der Waals surface area contributed by atoms with Gasteiger partial charge in [-0.05, 0) is 195 Å². The van der Waals surface area contributed by atoms with Crippen molar-refractivity contribution in [3.8, 4) is 11.4 Å². The molecule has 1 spiro atoms. The van der Waals surface area contributed by atoms with Crippen LogP contribution in [0.5, 0.6) is 0 Å². The zero-order valence-electron chi connectivity index (χ0n) is 33.2. The van der Waals surface area contributed by atoms with Crippen LogP contribution in [0, 0.1) is 23.5 Å². The zero-order valence-corrected chi connectivity index (χ0v) is 33.2. The van der Waals surface area contributed by atoms with Crippen molar-refractivity contribution in [3.63, 3.8) is 0 Å². The Morgan fingerprint density at radius 3 is 1.70 bits per heavy atom. The van der Waals surface area contributed by atoms with Crippen LogP contribution in [-0.2, 0) is 33.2 Å². The Morgan fingerprint density at radius 1 is 0.684 bits per heavy atom. The summed E-state index contributed by atoms with van der Waals surface area (Å²) in [5.74, 6) is 1.16. The number of fused-ring (bicyclic) bond motifs is 8. The SMILES string of the molecule is CC[C@@]12CCC(=O)C[C@H]1CCCc1cc3c(cnn3-c3ccc(F)cc3)cc12.CC[C@@]12CC[C@@]3(CO3)C[C@H]1CCCc1cc3c(cnn3-c3ccc(F)cc3)cc12. The number of rotatable bonds is 4. The van der Waals surface area contributed by atoms with Crippen LogP contribution in [0.1, 0.15) is 113 Å². The third-order valence-electron chi connectivity index (χ3n) is 15.1. The summed E-state index contributed by atoms with van der Waals surface area (Å²) in [6.45, 7) is 5.63. The molecule has 8 heteroatoms. The lowest BCUT2D eigenvalue weighted by atomic mass is 9.58. The van der Waals surface area contributed by atoms with Crippen molar-refractivity contribution in [3.05, 3.63) is 119 Å². The molecule has 1 aliphatic heterocycles. The zero-order chi connectivity index (χ0) is 38.9. The highest BCUT2D eigenvalue weighted by molar-refractivity contribution is 5.84. The molecule has 2 aromatic heterocycles. The lowest BCUT2D eigenvalue weighted by molar-refractivity contribution is -0.123. The minimum Gasteiger partial charge on any atom is -0.370 e. The molecule has 294 valence electrons. The van der Waals surface area contributed by atoms with Crippen LogP contribution in [0.15, 0.2) is 85.2 Å². The molecule has 4 aromatic carbocycles. The number of benzene rings is 4. The van der Waals surface area contributed by atoms with Crippen molar-refractivity contribution in [2.45, 2.75) is 120 Å². The summed E-state index contributed by atoms with van der Waals surface area (Å²) in [5.41, 5.74) is 10.5. The number of aromatic nitrogens is 4. The highest BCUT2D eigenvalue weighted by Crippen LogP contribution is 2.58. The van der Waals surface area contributed by atoms with Crippen molar-refractivity contribution in [1.82, 2.24) is 19.6 Å². The van der Waals surface area contributed by atoms with Crippen LogP contribution in [0.2, 0.25) is 0 Å². The van der Waals surface area contributed by atoms with Gasteiger partial charge in [0.2, 0.25) is 0 Å². The van der Waals surface area contributed by atoms with E-state index in [1.165, 1.54) is 84.9 Å². The first-order chi connectivity index (χ1) is 27.7. The van der Waals surface area contributed by atoms with Gasteiger partial charge < -0.3 is 4.74 Å². The van der Waals surface area contributed by atoms with Gasteiger partial charge in [-0.1, -0.05) is 13.8 Å². The lowest BCUT2D eigenvalue weighted by Crippen LogP contribution is -2.43. The lowest BCUT2D eigenvalue weighted by Gasteiger charge is -2.46. The van der Waals surface area contributed by atoms with Crippen LogP contribution in [-0.4, -0.2) is 37.6 Å². The predicted molar refractivity (Wildman–Crippen MR) is 220 cm³/mol. The topological polar surface area (TPSA) is 65.2 Å². The van der Waals surface area contributed by atoms with Gasteiger partial charge in [0, 0.05) is 23.6 Å². The Bertz CT molecular complexity index is 2480. The van der Waals surface area contributed by atoms with Crippen LogP contribution in [0.4, 0.5) is 8.78 Å². The van der Waals surface area contributed by atoms with E-state index in [0.29, 0.717) is 18.1 Å². The summed E-state index contributed by atoms with van der Waals surface area (Å²) in [5, 5.41) is 11.5. The number of carbonyl (C=O) groups is 1. The Hall–Kier alpha value is -4.69. The first kappa shape index (κ1) is 36.6. The summed E-state index contributed by atoms with van der Waals surface area (Å²) in [6, 6.07) is 22.5. The van der Waals surface area contributed by atoms with Gasteiger partial charge in [0.15, 0.2) is 0 Å². The number of halogens is 2. The molecule has 3 fully saturated rings. The van der Waals surface area contributed by atoms with Crippen molar-refractivity contribution in [2.24, 2.45) is 11.8 Å². The van der Waals surface area contributed by atoms with E-state index in [4.69, 9.17) is 4.74 Å². The van der Waals surface area contributed by atoms with E-state index >= 15 is 0 Å². The number of hydrogen-bond donors (Lipinski definition) is 0. The van der Waals surface area contributed by atoms with E-state index < -0.39 is 0 Å². The Morgan fingerprint density at radius 2 is 1.19 bits per heavy atom. The van der Waals surface area contributed by atoms with Crippen LogP contribution < -0.4 is 0 Å². The van der Waals surface area contributed by atoms with Crippen molar-refractivity contribution < 1.29 is 18.3 Å². The molecule has 0 unspecified atom stereocenters. The van der Waals surface area contributed by atoms with Crippen molar-refractivity contribution in [2.75, 3.05) is 6.61 Å². The highest BCUT2D eigenvalue weighted by Gasteiger charge is 2.56. The number of carbonyl (C=O) groups excluding carboxylic acids is 1. The number of ketones is 1. The average Bonchev–Trinajstić information content (AvgIpc) is 3.76. The van der Waals surface area contributed by atoms with E-state index in [1.807, 2.05) is 21.8 Å². The molecule has 6 aromatic rings. The van der Waals surface area contributed by atoms with Gasteiger partial charge in [-0.15, -0.1) is 0 Å². The molecule has 0 radical (unpaired) electrons. The minimum atomic E-state index is -0.239. The van der Waals surface area contributed by atoms with Gasteiger partial charge in [0.1, 0.15) is 17.4 Å². The number of ether oxygens (including phenoxy) is 1. The van der Waals surface area contributed by atoms with Gasteiger partial charge in [-0.2, -0.15) is 10.2 Å². The standard InChI is InChI=1S/C25H27FN2O.C24H25FN2O/c1-2-25-11-10-24(16-29-24)14-19(25)5-3-4-17-13-23-18(12-22(17)25)15-27-28(23)21-8-6-20(26)7-9-21;1-2-24-11-10-21(28)14-18(24)5-3-4-16-13-23-17(12-22(16)24)15-26-27(23)20-8-6-19(25)7-9-20/h6-9,12-13,15,19H,2-5,10-11,14,16H2,1H3;6-9,12-13,15,18H,2-5,10-11,14H2,1H3/t19-,24+,25-;18-,24-/m11/s1. The van der Waals surface area contributed by atoms with E-state index in [1.54, 1.807) is 29.8 Å². The molecule has 0 N–H and O–H groups in total. The smallest absolute Gasteiger partial charge is 0.133 e. The maximum Gasteiger partial charge on any atom is 0.133 e. The number of nitrogens with zero attached hydrogens (tertiary/aromatic N) is 4. The number of Topliss-reactive ketones (excluding diaryl/α,β-unsaturated/α-hetero) is 1. The third kappa shape index (κ3) is 6.16. The van der Waals surface area contributed by atoms with Crippen LogP contribution >= 0.6 is 0 Å². The van der Waals surface area contributed by atoms with E-state index in [9.17, 15) is 13.6 Å². The summed E-state index contributed by atoms with van der Waals surface area (Å²) in [7, 11) is 0. The largest absolute Gasteiger partial charge is 0.370 e. The minimum absolute atomic E-state index is 0.117. The highest BCUT2D eigenvalue weighted by atomic mass is 19.1. The van der Waals surface area contributed by atoms with Crippen LogP contribution in [0.3, 0.4) is 0 Å². The second kappa shape index (κ2) is 14.0. The van der Waals surface area contributed by atoms with Gasteiger partial charge in [0.05, 0.1) is 47.0 Å². The average molecular weight is 767 g/mol. The number of hydrogen-bond acceptors (Lipinski definition) is 4. The maximum absolute atomic E-state index is 13.4. The van der Waals surface area contributed by atoms with Gasteiger partial charge >= 0.3 is 0 Å². The molecule has 4 aliphatic carbocycles. The molecule has 0 bridgehead atoms. The van der Waals surface area contributed by atoms with Gasteiger partial charge in [-0.3, -0.25) is 4.79 Å². The fourth-order valence-electron chi connectivity index (χ4n) is 11.9. The van der Waals surface area contributed by atoms with Gasteiger partial charge in [0.25, 0.3) is 0 Å². The van der Waals surface area contributed by atoms with Gasteiger partial charge in [-0.25, -0.2) is 18.1 Å². The quantitative estimate of drug-likeness (QED) is 0.168. The van der Waals surface area contributed by atoms with E-state index in [-0.39, 0.29) is 28.1 Å². The molecular weight excluding hydrogens is 715 g/mol. The predicted octanol–water partition coefficient (Wildman–Crippen LogP) is 11.2. The maximum atomic E-state index is 13.4. The normalized spacial score (nSPS) is 27.8. The summed E-state index contributed by atoms with van der Waals surface area (Å²) in [4.78, 5) is 12.2.